The van der Waals surface area contributed by atoms with Crippen LogP contribution in [0.3, 0.4) is 0 Å². The van der Waals surface area contributed by atoms with Crippen LogP contribution in [0.5, 0.6) is 0 Å². The van der Waals surface area contributed by atoms with Gasteiger partial charge in [0.1, 0.15) is 0 Å². The first-order valence-electron chi connectivity index (χ1n) is 18.6. The Morgan fingerprint density at radius 3 is 1.80 bits per heavy atom. The maximum Gasteiger partial charge on any atom is 0.389 e. The summed E-state index contributed by atoms with van der Waals surface area (Å²) < 4.78 is 48.4. The zero-order valence-electron chi connectivity index (χ0n) is 30.0. The first kappa shape index (κ1) is 40.3. The van der Waals surface area contributed by atoms with E-state index in [4.69, 9.17) is 9.47 Å². The molecular weight excluding hydrogens is 657 g/mol. The zero-order valence-corrected chi connectivity index (χ0v) is 30.0. The van der Waals surface area contributed by atoms with Crippen molar-refractivity contribution >= 4 is 11.9 Å². The summed E-state index contributed by atoms with van der Waals surface area (Å²) in [5, 5.41) is 18.4. The van der Waals surface area contributed by atoms with E-state index in [1.807, 2.05) is 0 Å². The number of halogens is 3. The van der Waals surface area contributed by atoms with Gasteiger partial charge >= 0.3 is 18.1 Å². The number of carbonyl (C=O) groups is 2. The minimum Gasteiger partial charge on any atom is -0.462 e. The van der Waals surface area contributed by atoms with Crippen LogP contribution in [-0.2, 0) is 31.9 Å². The Kier molecular flexibility index (Phi) is 15.4. The molecule has 2 aliphatic carbocycles. The molecule has 51 heavy (non-hydrogen) atoms. The summed E-state index contributed by atoms with van der Waals surface area (Å²) in [6, 6.07) is 15.3. The Bertz CT molecular complexity index is 1420. The van der Waals surface area contributed by atoms with Gasteiger partial charge in [-0.3, -0.25) is 0 Å². The highest BCUT2D eigenvalue weighted by molar-refractivity contribution is 5.88. The SMILES string of the molecule is C=C(CO)C(=O)OCC(COC(=O)C(=C)CO)C1CCC(C2CCC(c3ccc(-c4ccc(CCCCC(F)(F)F)c(CC)c4)cc3)CC2)CC1. The van der Waals surface area contributed by atoms with Crippen molar-refractivity contribution in [3.05, 3.63) is 83.5 Å². The second kappa shape index (κ2) is 19.4. The summed E-state index contributed by atoms with van der Waals surface area (Å²) in [7, 11) is 0. The predicted molar refractivity (Wildman–Crippen MR) is 193 cm³/mol. The maximum absolute atomic E-state index is 12.5. The fourth-order valence-electron chi connectivity index (χ4n) is 8.00. The van der Waals surface area contributed by atoms with Gasteiger partial charge in [0.15, 0.2) is 0 Å². The van der Waals surface area contributed by atoms with Crippen LogP contribution in [0.1, 0.15) is 100 Å². The van der Waals surface area contributed by atoms with Gasteiger partial charge in [0.25, 0.3) is 0 Å². The van der Waals surface area contributed by atoms with E-state index in [0.29, 0.717) is 30.6 Å². The lowest BCUT2D eigenvalue weighted by Gasteiger charge is -2.39. The molecule has 0 unspecified atom stereocenters. The van der Waals surface area contributed by atoms with E-state index in [0.717, 1.165) is 61.6 Å². The van der Waals surface area contributed by atoms with Crippen LogP contribution in [0.2, 0.25) is 0 Å². The van der Waals surface area contributed by atoms with Crippen LogP contribution in [0.15, 0.2) is 66.8 Å². The summed E-state index contributed by atoms with van der Waals surface area (Å²) in [5.41, 5.74) is 5.97. The number of ether oxygens (including phenoxy) is 2. The predicted octanol–water partition coefficient (Wildman–Crippen LogP) is 9.07. The van der Waals surface area contributed by atoms with Crippen molar-refractivity contribution in [2.24, 2.45) is 23.7 Å². The number of aliphatic hydroxyl groups excluding tert-OH is 2. The highest BCUT2D eigenvalue weighted by Gasteiger charge is 2.35. The van der Waals surface area contributed by atoms with E-state index < -0.39 is 37.7 Å². The van der Waals surface area contributed by atoms with Crippen molar-refractivity contribution in [2.75, 3.05) is 26.4 Å². The van der Waals surface area contributed by atoms with E-state index in [2.05, 4.69) is 62.5 Å². The summed E-state index contributed by atoms with van der Waals surface area (Å²) in [4.78, 5) is 24.3. The Balaban J connectivity index is 1.26. The van der Waals surface area contributed by atoms with Crippen molar-refractivity contribution in [1.29, 1.82) is 0 Å². The number of alkyl halides is 3. The lowest BCUT2D eigenvalue weighted by Crippen LogP contribution is -2.33. The Morgan fingerprint density at radius 1 is 0.765 bits per heavy atom. The number of esters is 2. The van der Waals surface area contributed by atoms with Gasteiger partial charge in [-0.15, -0.1) is 0 Å². The van der Waals surface area contributed by atoms with Gasteiger partial charge in [0.2, 0.25) is 0 Å². The molecule has 0 aromatic heterocycles. The molecule has 0 amide bonds. The largest absolute Gasteiger partial charge is 0.462 e. The summed E-state index contributed by atoms with van der Waals surface area (Å²) in [5.74, 6) is 0.551. The van der Waals surface area contributed by atoms with Gasteiger partial charge in [0.05, 0.1) is 37.6 Å². The number of benzene rings is 2. The van der Waals surface area contributed by atoms with Gasteiger partial charge in [-0.2, -0.15) is 13.2 Å². The molecule has 0 bridgehead atoms. The zero-order chi connectivity index (χ0) is 37.0. The number of rotatable bonds is 17. The summed E-state index contributed by atoms with van der Waals surface area (Å²) in [6.45, 7) is 8.31. The average Bonchev–Trinajstić information content (AvgIpc) is 3.15. The molecule has 9 heteroatoms. The van der Waals surface area contributed by atoms with E-state index in [1.54, 1.807) is 0 Å². The van der Waals surface area contributed by atoms with E-state index in [-0.39, 0.29) is 42.6 Å². The molecule has 2 fully saturated rings. The quantitative estimate of drug-likeness (QED) is 0.0966. The lowest BCUT2D eigenvalue weighted by molar-refractivity contribution is -0.146. The lowest BCUT2D eigenvalue weighted by atomic mass is 9.67. The first-order valence-corrected chi connectivity index (χ1v) is 18.6. The van der Waals surface area contributed by atoms with E-state index in [1.165, 1.54) is 24.0 Å². The normalized spacial score (nSPS) is 20.9. The summed E-state index contributed by atoms with van der Waals surface area (Å²) >= 11 is 0. The second-order valence-corrected chi connectivity index (χ2v) is 14.5. The van der Waals surface area contributed by atoms with Gasteiger partial charge in [-0.25, -0.2) is 9.59 Å². The van der Waals surface area contributed by atoms with Crippen LogP contribution in [0.25, 0.3) is 11.1 Å². The Hall–Kier alpha value is -3.43. The Morgan fingerprint density at radius 2 is 1.29 bits per heavy atom. The van der Waals surface area contributed by atoms with Crippen molar-refractivity contribution in [2.45, 2.75) is 102 Å². The third-order valence-electron chi connectivity index (χ3n) is 11.2. The molecule has 0 radical (unpaired) electrons. The maximum atomic E-state index is 12.5. The number of hydrogen-bond donors (Lipinski definition) is 2. The van der Waals surface area contributed by atoms with E-state index >= 15 is 0 Å². The number of unbranched alkanes of at least 4 members (excludes halogenated alkanes) is 1. The van der Waals surface area contributed by atoms with Crippen LogP contribution < -0.4 is 0 Å². The number of hydrogen-bond acceptors (Lipinski definition) is 6. The van der Waals surface area contributed by atoms with Gasteiger partial charge in [-0.1, -0.05) is 62.5 Å². The fraction of sp³-hybridized carbons (Fsp3) is 0.571. The standard InChI is InChI=1S/C42H55F3O6/c1-4-30-23-38(21-20-31(30)7-5-6-22-42(43,44)45)36-16-12-34(13-17-36)32-8-10-33(11-9-32)35-14-18-37(19-15-35)39(26-50-40(48)28(2)24-46)27-51-41(49)29(3)25-47/h12-13,16-17,20-21,23,32-33,35,37,39,46-47H,2-11,14-15,18-19,22,24-27H2,1H3. The third-order valence-corrected chi connectivity index (χ3v) is 11.2. The highest BCUT2D eigenvalue weighted by Crippen LogP contribution is 2.45. The molecule has 0 atom stereocenters. The van der Waals surface area contributed by atoms with Gasteiger partial charge in [-0.05, 0) is 129 Å². The Labute approximate surface area is 301 Å². The van der Waals surface area contributed by atoms with Gasteiger partial charge < -0.3 is 19.7 Å². The number of aliphatic hydroxyl groups is 2. The average molecular weight is 713 g/mol. The monoisotopic (exact) mass is 712 g/mol. The topological polar surface area (TPSA) is 93.1 Å². The van der Waals surface area contributed by atoms with Crippen LogP contribution in [0.4, 0.5) is 13.2 Å². The number of carbonyl (C=O) groups excluding carboxylic acids is 2. The molecule has 6 nitrogen and oxygen atoms in total. The van der Waals surface area contributed by atoms with Crippen LogP contribution >= 0.6 is 0 Å². The smallest absolute Gasteiger partial charge is 0.389 e. The molecule has 2 saturated carbocycles. The molecule has 4 rings (SSSR count). The van der Waals surface area contributed by atoms with Crippen LogP contribution in [0, 0.1) is 23.7 Å². The summed E-state index contributed by atoms with van der Waals surface area (Å²) in [6.07, 6.45) is 6.16. The molecule has 2 aliphatic rings. The molecule has 2 N–H and O–H groups in total. The second-order valence-electron chi connectivity index (χ2n) is 14.5. The van der Waals surface area contributed by atoms with Gasteiger partial charge in [0, 0.05) is 12.3 Å². The third kappa shape index (κ3) is 12.1. The highest BCUT2D eigenvalue weighted by atomic mass is 19.4. The fourth-order valence-corrected chi connectivity index (χ4v) is 8.00. The molecule has 0 heterocycles. The molecule has 280 valence electrons. The molecular formula is C42H55F3O6. The molecule has 2 aromatic carbocycles. The van der Waals surface area contributed by atoms with Crippen molar-refractivity contribution in [1.82, 2.24) is 0 Å². The van der Waals surface area contributed by atoms with E-state index in [9.17, 15) is 33.0 Å². The minimum absolute atomic E-state index is 0.0222. The van der Waals surface area contributed by atoms with Crippen LogP contribution in [-0.4, -0.2) is 54.8 Å². The molecule has 0 aliphatic heterocycles. The van der Waals surface area contributed by atoms with Crippen molar-refractivity contribution in [3.8, 4) is 11.1 Å². The van der Waals surface area contributed by atoms with Crippen molar-refractivity contribution in [3.63, 3.8) is 0 Å². The van der Waals surface area contributed by atoms with Crippen molar-refractivity contribution < 1.29 is 42.4 Å². The molecule has 2 aromatic rings. The molecule has 0 spiro atoms. The molecule has 0 saturated heterocycles. The first-order chi connectivity index (χ1) is 24.4. The minimum atomic E-state index is -4.09. The number of aryl methyl sites for hydroxylation is 2.